The highest BCUT2D eigenvalue weighted by Gasteiger charge is 2.07. The molecule has 0 aliphatic carbocycles. The van der Waals surface area contributed by atoms with E-state index in [-0.39, 0.29) is 0 Å². The van der Waals surface area contributed by atoms with E-state index in [1.54, 1.807) is 6.07 Å². The van der Waals surface area contributed by atoms with Crippen molar-refractivity contribution >= 4 is 11.6 Å². The van der Waals surface area contributed by atoms with Crippen molar-refractivity contribution in [1.29, 1.82) is 0 Å². The number of rotatable bonds is 3. The maximum Gasteiger partial charge on any atom is 0.0802 e. The quantitative estimate of drug-likeness (QED) is 0.783. The van der Waals surface area contributed by atoms with Gasteiger partial charge in [0.15, 0.2) is 0 Å². The number of hydrogen-bond acceptors (Lipinski definition) is 2. The molecule has 0 amide bonds. The van der Waals surface area contributed by atoms with Crippen molar-refractivity contribution in [2.45, 2.75) is 19.4 Å². The second-order valence-corrected chi connectivity index (χ2v) is 3.51. The third kappa shape index (κ3) is 2.69. The number of aryl methyl sites for hydroxylation is 1. The molecule has 72 valence electrons. The molecule has 0 spiro atoms. The van der Waals surface area contributed by atoms with Crippen LogP contribution in [0.1, 0.15) is 23.7 Å². The van der Waals surface area contributed by atoms with Gasteiger partial charge < -0.3 is 10.8 Å². The average molecular weight is 200 g/mol. The van der Waals surface area contributed by atoms with Gasteiger partial charge in [-0.05, 0) is 37.1 Å². The Morgan fingerprint density at radius 2 is 2.23 bits per heavy atom. The van der Waals surface area contributed by atoms with Gasteiger partial charge in [-0.1, -0.05) is 23.7 Å². The fourth-order valence-corrected chi connectivity index (χ4v) is 1.33. The van der Waals surface area contributed by atoms with Crippen LogP contribution < -0.4 is 5.73 Å². The van der Waals surface area contributed by atoms with Gasteiger partial charge in [-0.15, -0.1) is 0 Å². The maximum atomic E-state index is 9.60. The molecule has 1 aromatic rings. The predicted molar refractivity (Wildman–Crippen MR) is 54.8 cm³/mol. The molecule has 0 aromatic heterocycles. The summed E-state index contributed by atoms with van der Waals surface area (Å²) in [6.07, 6.45) is 0.0717. The van der Waals surface area contributed by atoms with E-state index in [1.807, 2.05) is 19.1 Å². The third-order valence-electron chi connectivity index (χ3n) is 2.02. The van der Waals surface area contributed by atoms with Crippen LogP contribution in [0.3, 0.4) is 0 Å². The van der Waals surface area contributed by atoms with Crippen molar-refractivity contribution in [2.75, 3.05) is 6.54 Å². The van der Waals surface area contributed by atoms with Crippen LogP contribution in [-0.2, 0) is 0 Å². The van der Waals surface area contributed by atoms with E-state index in [0.29, 0.717) is 18.0 Å². The number of nitrogens with two attached hydrogens (primary N) is 1. The van der Waals surface area contributed by atoms with Crippen molar-refractivity contribution in [2.24, 2.45) is 5.73 Å². The summed E-state index contributed by atoms with van der Waals surface area (Å²) < 4.78 is 0. The van der Waals surface area contributed by atoms with Gasteiger partial charge in [-0.3, -0.25) is 0 Å². The Morgan fingerprint density at radius 1 is 1.54 bits per heavy atom. The Labute approximate surface area is 83.3 Å². The second kappa shape index (κ2) is 4.61. The highest BCUT2D eigenvalue weighted by Crippen LogP contribution is 2.22. The van der Waals surface area contributed by atoms with Crippen molar-refractivity contribution < 1.29 is 5.11 Å². The molecule has 1 rings (SSSR count). The van der Waals surface area contributed by atoms with Gasteiger partial charge in [0.1, 0.15) is 0 Å². The molecule has 3 heteroatoms. The molecule has 1 aromatic carbocycles. The summed E-state index contributed by atoms with van der Waals surface area (Å²) in [7, 11) is 0. The molecule has 0 saturated heterocycles. The van der Waals surface area contributed by atoms with Gasteiger partial charge in [-0.2, -0.15) is 0 Å². The van der Waals surface area contributed by atoms with Crippen molar-refractivity contribution in [3.05, 3.63) is 34.3 Å². The molecular formula is C10H14ClNO. The monoisotopic (exact) mass is 199 g/mol. The Bertz CT molecular complexity index is 288. The summed E-state index contributed by atoms with van der Waals surface area (Å²) in [6.45, 7) is 2.41. The molecule has 1 atom stereocenters. The first kappa shape index (κ1) is 10.5. The summed E-state index contributed by atoms with van der Waals surface area (Å²) >= 11 is 5.92. The minimum absolute atomic E-state index is 0.479. The zero-order chi connectivity index (χ0) is 9.84. The van der Waals surface area contributed by atoms with E-state index in [4.69, 9.17) is 17.3 Å². The van der Waals surface area contributed by atoms with Gasteiger partial charge in [-0.25, -0.2) is 0 Å². The Balaban J connectivity index is 2.84. The number of aliphatic hydroxyl groups excluding tert-OH is 1. The summed E-state index contributed by atoms with van der Waals surface area (Å²) in [4.78, 5) is 0. The van der Waals surface area contributed by atoms with Gasteiger partial charge in [0.2, 0.25) is 0 Å². The first-order valence-electron chi connectivity index (χ1n) is 4.29. The van der Waals surface area contributed by atoms with Crippen molar-refractivity contribution in [1.82, 2.24) is 0 Å². The lowest BCUT2D eigenvalue weighted by atomic mass is 10.1. The highest BCUT2D eigenvalue weighted by molar-refractivity contribution is 6.31. The van der Waals surface area contributed by atoms with Crippen LogP contribution in [0.15, 0.2) is 18.2 Å². The highest BCUT2D eigenvalue weighted by atomic mass is 35.5. The Kier molecular flexibility index (Phi) is 3.72. The summed E-state index contributed by atoms with van der Waals surface area (Å²) in [5.74, 6) is 0. The van der Waals surface area contributed by atoms with Gasteiger partial charge >= 0.3 is 0 Å². The fourth-order valence-electron chi connectivity index (χ4n) is 1.14. The van der Waals surface area contributed by atoms with Gasteiger partial charge in [0.05, 0.1) is 6.10 Å². The van der Waals surface area contributed by atoms with Crippen LogP contribution in [0, 0.1) is 6.92 Å². The topological polar surface area (TPSA) is 46.2 Å². The molecular weight excluding hydrogens is 186 g/mol. The number of halogens is 1. The molecule has 0 aliphatic rings. The van der Waals surface area contributed by atoms with E-state index in [9.17, 15) is 5.11 Å². The standard InChI is InChI=1S/C10H14ClNO/c1-7-2-3-8(6-9(7)11)10(13)4-5-12/h2-3,6,10,13H,4-5,12H2,1H3. The lowest BCUT2D eigenvalue weighted by molar-refractivity contribution is 0.170. The van der Waals surface area contributed by atoms with Crippen LogP contribution in [0.25, 0.3) is 0 Å². The predicted octanol–water partition coefficient (Wildman–Crippen LogP) is 2.03. The lowest BCUT2D eigenvalue weighted by Crippen LogP contribution is -2.06. The molecule has 0 radical (unpaired) electrons. The van der Waals surface area contributed by atoms with E-state index >= 15 is 0 Å². The number of benzene rings is 1. The largest absolute Gasteiger partial charge is 0.388 e. The van der Waals surface area contributed by atoms with Gasteiger partial charge in [0, 0.05) is 5.02 Å². The van der Waals surface area contributed by atoms with Crippen LogP contribution in [0.5, 0.6) is 0 Å². The van der Waals surface area contributed by atoms with E-state index in [0.717, 1.165) is 11.1 Å². The summed E-state index contributed by atoms with van der Waals surface area (Å²) in [5.41, 5.74) is 7.19. The van der Waals surface area contributed by atoms with Crippen LogP contribution >= 0.6 is 11.6 Å². The minimum Gasteiger partial charge on any atom is -0.388 e. The molecule has 0 heterocycles. The first-order chi connectivity index (χ1) is 6.15. The van der Waals surface area contributed by atoms with E-state index in [1.165, 1.54) is 0 Å². The molecule has 0 saturated carbocycles. The maximum absolute atomic E-state index is 9.60. The second-order valence-electron chi connectivity index (χ2n) is 3.10. The van der Waals surface area contributed by atoms with E-state index in [2.05, 4.69) is 0 Å². The number of aliphatic hydroxyl groups is 1. The summed E-state index contributed by atoms with van der Waals surface area (Å²) in [5, 5.41) is 10.3. The van der Waals surface area contributed by atoms with Crippen LogP contribution in [-0.4, -0.2) is 11.7 Å². The van der Waals surface area contributed by atoms with Crippen molar-refractivity contribution in [3.8, 4) is 0 Å². The molecule has 13 heavy (non-hydrogen) atoms. The van der Waals surface area contributed by atoms with Gasteiger partial charge in [0.25, 0.3) is 0 Å². The smallest absolute Gasteiger partial charge is 0.0802 e. The van der Waals surface area contributed by atoms with Crippen LogP contribution in [0.4, 0.5) is 0 Å². The third-order valence-corrected chi connectivity index (χ3v) is 2.43. The zero-order valence-electron chi connectivity index (χ0n) is 7.63. The first-order valence-corrected chi connectivity index (χ1v) is 4.67. The number of hydrogen-bond donors (Lipinski definition) is 2. The normalized spacial score (nSPS) is 12.9. The molecule has 1 unspecified atom stereocenters. The zero-order valence-corrected chi connectivity index (χ0v) is 8.38. The Hall–Kier alpha value is -0.570. The molecule has 3 N–H and O–H groups in total. The summed E-state index contributed by atoms with van der Waals surface area (Å²) in [6, 6.07) is 5.57. The molecule has 0 fully saturated rings. The fraction of sp³-hybridized carbons (Fsp3) is 0.400. The molecule has 0 bridgehead atoms. The average Bonchev–Trinajstić information content (AvgIpc) is 2.10. The van der Waals surface area contributed by atoms with Crippen LogP contribution in [0.2, 0.25) is 5.02 Å². The Morgan fingerprint density at radius 3 is 2.77 bits per heavy atom. The SMILES string of the molecule is Cc1ccc(C(O)CCN)cc1Cl. The lowest BCUT2D eigenvalue weighted by Gasteiger charge is -2.10. The minimum atomic E-state index is -0.497. The van der Waals surface area contributed by atoms with E-state index < -0.39 is 6.10 Å². The van der Waals surface area contributed by atoms with Crippen molar-refractivity contribution in [3.63, 3.8) is 0 Å². The molecule has 0 aliphatic heterocycles. The molecule has 2 nitrogen and oxygen atoms in total.